The summed E-state index contributed by atoms with van der Waals surface area (Å²) in [6.45, 7) is 6.82. The number of anilines is 2. The third kappa shape index (κ3) is 5.42. The largest absolute Gasteiger partial charge is 0.341 e. The number of aromatic nitrogens is 3. The van der Waals surface area contributed by atoms with Gasteiger partial charge in [0.15, 0.2) is 5.13 Å². The first-order valence-electron chi connectivity index (χ1n) is 11.4. The second kappa shape index (κ2) is 10.4. The second-order valence-corrected chi connectivity index (χ2v) is 9.49. The van der Waals surface area contributed by atoms with Gasteiger partial charge in [-0.25, -0.2) is 15.0 Å². The summed E-state index contributed by atoms with van der Waals surface area (Å²) in [6.07, 6.45) is 7.50. The third-order valence-electron chi connectivity index (χ3n) is 6.05. The predicted octanol–water partition coefficient (Wildman–Crippen LogP) is 2.16. The van der Waals surface area contributed by atoms with Gasteiger partial charge in [-0.05, 0) is 25.3 Å². The van der Waals surface area contributed by atoms with Gasteiger partial charge in [0.2, 0.25) is 11.8 Å². The molecule has 2 saturated heterocycles. The molecule has 0 radical (unpaired) electrons. The normalized spacial score (nSPS) is 19.8. The molecule has 1 atom stereocenters. The molecule has 0 aromatic carbocycles. The van der Waals surface area contributed by atoms with E-state index in [2.05, 4.69) is 27.5 Å². The maximum absolute atomic E-state index is 12.9. The Morgan fingerprint density at radius 2 is 2.03 bits per heavy atom. The number of carbonyl (C=O) groups excluding carboxylic acids is 2. The van der Waals surface area contributed by atoms with Crippen molar-refractivity contribution in [2.75, 3.05) is 38.0 Å². The first-order valence-corrected chi connectivity index (χ1v) is 12.2. The van der Waals surface area contributed by atoms with E-state index in [1.54, 1.807) is 29.4 Å². The molecule has 9 nitrogen and oxygen atoms in total. The van der Waals surface area contributed by atoms with Crippen LogP contribution >= 0.6 is 11.3 Å². The molecule has 4 heterocycles. The van der Waals surface area contributed by atoms with E-state index in [9.17, 15) is 9.59 Å². The SMILES string of the molecule is CCCc1cnc(Nc2ccnc(C3CCN(C(=O)C4CN(C(C)=O)CCN4)CC3)n2)s1. The summed E-state index contributed by atoms with van der Waals surface area (Å²) in [5.74, 6) is 1.89. The van der Waals surface area contributed by atoms with Crippen LogP contribution in [0, 0.1) is 0 Å². The van der Waals surface area contributed by atoms with Gasteiger partial charge < -0.3 is 20.4 Å². The van der Waals surface area contributed by atoms with Crippen molar-refractivity contribution in [3.8, 4) is 0 Å². The molecule has 2 aromatic rings. The summed E-state index contributed by atoms with van der Waals surface area (Å²) < 4.78 is 0. The molecule has 1 unspecified atom stereocenters. The molecular weight excluding hydrogens is 426 g/mol. The lowest BCUT2D eigenvalue weighted by Gasteiger charge is -2.37. The fourth-order valence-electron chi connectivity index (χ4n) is 4.26. The number of nitrogens with zero attached hydrogens (tertiary/aromatic N) is 5. The molecule has 32 heavy (non-hydrogen) atoms. The number of aryl methyl sites for hydroxylation is 1. The third-order valence-corrected chi connectivity index (χ3v) is 7.02. The van der Waals surface area contributed by atoms with E-state index >= 15 is 0 Å². The average molecular weight is 458 g/mol. The topological polar surface area (TPSA) is 103 Å². The van der Waals surface area contributed by atoms with Crippen molar-refractivity contribution in [1.29, 1.82) is 0 Å². The van der Waals surface area contributed by atoms with Crippen LogP contribution < -0.4 is 10.6 Å². The minimum Gasteiger partial charge on any atom is -0.341 e. The molecule has 2 aliphatic rings. The van der Waals surface area contributed by atoms with Crippen LogP contribution in [0.25, 0.3) is 0 Å². The van der Waals surface area contributed by atoms with Crippen LogP contribution in [0.1, 0.15) is 49.7 Å². The lowest BCUT2D eigenvalue weighted by atomic mass is 9.95. The van der Waals surface area contributed by atoms with Gasteiger partial charge in [0.1, 0.15) is 17.7 Å². The number of hydrogen-bond donors (Lipinski definition) is 2. The van der Waals surface area contributed by atoms with Gasteiger partial charge in [-0.3, -0.25) is 9.59 Å². The van der Waals surface area contributed by atoms with Crippen LogP contribution in [-0.2, 0) is 16.0 Å². The Morgan fingerprint density at radius 3 is 2.78 bits per heavy atom. The molecule has 2 N–H and O–H groups in total. The van der Waals surface area contributed by atoms with Crippen molar-refractivity contribution in [3.05, 3.63) is 29.2 Å². The molecule has 0 spiro atoms. The standard InChI is InChI=1S/C22H31N7O2S/c1-3-4-17-13-25-22(32-17)27-19-5-8-24-20(26-19)16-6-10-28(11-7-16)21(31)18-14-29(15(2)30)12-9-23-18/h5,8,13,16,18,23H,3-4,6-7,9-12,14H2,1-2H3,(H,24,25,26,27). The molecule has 4 rings (SSSR count). The minimum atomic E-state index is -0.316. The Kier molecular flexibility index (Phi) is 7.31. The maximum Gasteiger partial charge on any atom is 0.241 e. The summed E-state index contributed by atoms with van der Waals surface area (Å²) in [7, 11) is 0. The molecule has 10 heteroatoms. The molecule has 0 saturated carbocycles. The van der Waals surface area contributed by atoms with Crippen LogP contribution in [0.5, 0.6) is 0 Å². The average Bonchev–Trinajstić information content (AvgIpc) is 3.26. The Labute approximate surface area is 192 Å². The molecular formula is C22H31N7O2S. The Balaban J connectivity index is 1.32. The van der Waals surface area contributed by atoms with E-state index < -0.39 is 0 Å². The first-order chi connectivity index (χ1) is 15.5. The summed E-state index contributed by atoms with van der Waals surface area (Å²) in [5, 5.41) is 7.40. The highest BCUT2D eigenvalue weighted by atomic mass is 32.1. The van der Waals surface area contributed by atoms with Crippen LogP contribution in [0.2, 0.25) is 0 Å². The maximum atomic E-state index is 12.9. The Hall–Kier alpha value is -2.59. The zero-order chi connectivity index (χ0) is 22.5. The molecule has 2 fully saturated rings. The van der Waals surface area contributed by atoms with Crippen molar-refractivity contribution < 1.29 is 9.59 Å². The van der Waals surface area contributed by atoms with Crippen LogP contribution in [0.15, 0.2) is 18.5 Å². The number of hydrogen-bond acceptors (Lipinski definition) is 8. The number of nitrogens with one attached hydrogen (secondary N) is 2. The van der Waals surface area contributed by atoms with Crippen LogP contribution in [0.3, 0.4) is 0 Å². The summed E-state index contributed by atoms with van der Waals surface area (Å²) in [6, 6.07) is 1.54. The number of amides is 2. The van der Waals surface area contributed by atoms with Gasteiger partial charge in [0, 0.05) is 62.8 Å². The van der Waals surface area contributed by atoms with Gasteiger partial charge in [-0.1, -0.05) is 13.3 Å². The quantitative estimate of drug-likeness (QED) is 0.685. The molecule has 0 aliphatic carbocycles. The van der Waals surface area contributed by atoms with E-state index in [1.165, 1.54) is 4.88 Å². The first kappa shape index (κ1) is 22.6. The number of rotatable bonds is 6. The molecule has 0 bridgehead atoms. The number of piperidine rings is 1. The summed E-state index contributed by atoms with van der Waals surface area (Å²) in [4.78, 5) is 43.2. The number of likely N-dealkylation sites (tertiary alicyclic amines) is 1. The van der Waals surface area contributed by atoms with E-state index in [-0.39, 0.29) is 23.8 Å². The van der Waals surface area contributed by atoms with Crippen molar-refractivity contribution in [2.45, 2.75) is 51.5 Å². The van der Waals surface area contributed by atoms with Crippen molar-refractivity contribution in [2.24, 2.45) is 0 Å². The van der Waals surface area contributed by atoms with E-state index in [0.717, 1.165) is 42.5 Å². The number of carbonyl (C=O) groups is 2. The summed E-state index contributed by atoms with van der Waals surface area (Å²) >= 11 is 1.66. The Morgan fingerprint density at radius 1 is 1.22 bits per heavy atom. The lowest BCUT2D eigenvalue weighted by Crippen LogP contribution is -2.59. The predicted molar refractivity (Wildman–Crippen MR) is 124 cm³/mol. The highest BCUT2D eigenvalue weighted by Crippen LogP contribution is 2.28. The second-order valence-electron chi connectivity index (χ2n) is 8.38. The smallest absolute Gasteiger partial charge is 0.241 e. The van der Waals surface area contributed by atoms with Gasteiger partial charge >= 0.3 is 0 Å². The summed E-state index contributed by atoms with van der Waals surface area (Å²) in [5.41, 5.74) is 0. The molecule has 2 aliphatic heterocycles. The zero-order valence-corrected chi connectivity index (χ0v) is 19.5. The number of thiazole rings is 1. The Bertz CT molecular complexity index is 942. The lowest BCUT2D eigenvalue weighted by molar-refractivity contribution is -0.138. The van der Waals surface area contributed by atoms with E-state index in [0.29, 0.717) is 32.7 Å². The highest BCUT2D eigenvalue weighted by molar-refractivity contribution is 7.15. The van der Waals surface area contributed by atoms with Crippen LogP contribution in [-0.4, -0.2) is 75.3 Å². The van der Waals surface area contributed by atoms with Gasteiger partial charge in [0.05, 0.1) is 0 Å². The molecule has 172 valence electrons. The van der Waals surface area contributed by atoms with E-state index in [4.69, 9.17) is 4.98 Å². The zero-order valence-electron chi connectivity index (χ0n) is 18.7. The molecule has 2 aromatic heterocycles. The van der Waals surface area contributed by atoms with Crippen molar-refractivity contribution in [3.63, 3.8) is 0 Å². The molecule has 2 amide bonds. The van der Waals surface area contributed by atoms with Gasteiger partial charge in [-0.15, -0.1) is 11.3 Å². The van der Waals surface area contributed by atoms with Gasteiger partial charge in [-0.2, -0.15) is 0 Å². The monoisotopic (exact) mass is 457 g/mol. The highest BCUT2D eigenvalue weighted by Gasteiger charge is 2.32. The van der Waals surface area contributed by atoms with Crippen LogP contribution in [0.4, 0.5) is 10.9 Å². The van der Waals surface area contributed by atoms with E-state index in [1.807, 2.05) is 17.2 Å². The van der Waals surface area contributed by atoms with Gasteiger partial charge in [0.25, 0.3) is 0 Å². The van der Waals surface area contributed by atoms with Crippen molar-refractivity contribution >= 4 is 34.1 Å². The minimum absolute atomic E-state index is 0.0213. The van der Waals surface area contributed by atoms with Crippen molar-refractivity contribution in [1.82, 2.24) is 30.1 Å². The fourth-order valence-corrected chi connectivity index (χ4v) is 5.18. The number of piperazine rings is 1. The fraction of sp³-hybridized carbons (Fsp3) is 0.591.